The first-order valence-corrected chi connectivity index (χ1v) is 8.93. The average molecular weight is 332 g/mol. The maximum absolute atomic E-state index is 12.9. The number of nitrogens with zero attached hydrogens (tertiary/aromatic N) is 2. The van der Waals surface area contributed by atoms with E-state index in [-0.39, 0.29) is 16.6 Å². The first-order chi connectivity index (χ1) is 9.86. The van der Waals surface area contributed by atoms with Gasteiger partial charge in [-0.2, -0.15) is 4.31 Å². The van der Waals surface area contributed by atoms with E-state index in [1.165, 1.54) is 18.2 Å². The second-order valence-electron chi connectivity index (χ2n) is 5.48. The highest BCUT2D eigenvalue weighted by atomic mass is 35.5. The highest BCUT2D eigenvalue weighted by Crippen LogP contribution is 2.27. The number of hydrogen-bond donors (Lipinski definition) is 1. The van der Waals surface area contributed by atoms with Crippen LogP contribution in [0.5, 0.6) is 0 Å². The smallest absolute Gasteiger partial charge is 0.243 e. The molecule has 2 rings (SSSR count). The van der Waals surface area contributed by atoms with Crippen LogP contribution in [0.1, 0.15) is 19.8 Å². The summed E-state index contributed by atoms with van der Waals surface area (Å²) in [6, 6.07) is 4.49. The van der Waals surface area contributed by atoms with Crippen LogP contribution in [0.3, 0.4) is 0 Å². The average Bonchev–Trinajstić information content (AvgIpc) is 2.63. The normalized spacial score (nSPS) is 22.1. The summed E-state index contributed by atoms with van der Waals surface area (Å²) in [6.45, 7) is 4.21. The number of anilines is 1. The summed E-state index contributed by atoms with van der Waals surface area (Å²) in [5, 5.41) is 0.372. The van der Waals surface area contributed by atoms with E-state index in [2.05, 4.69) is 4.90 Å². The Bertz CT molecular complexity index is 606. The van der Waals surface area contributed by atoms with Crippen molar-refractivity contribution in [1.82, 2.24) is 9.21 Å². The van der Waals surface area contributed by atoms with Gasteiger partial charge in [0.2, 0.25) is 10.0 Å². The third kappa shape index (κ3) is 3.51. The van der Waals surface area contributed by atoms with E-state index < -0.39 is 10.0 Å². The van der Waals surface area contributed by atoms with E-state index in [0.29, 0.717) is 11.6 Å². The van der Waals surface area contributed by atoms with Gasteiger partial charge in [0.25, 0.3) is 0 Å². The zero-order valence-corrected chi connectivity index (χ0v) is 14.0. The predicted octanol–water partition coefficient (Wildman–Crippen LogP) is 2.03. The molecule has 1 heterocycles. The number of halogens is 1. The van der Waals surface area contributed by atoms with Crippen molar-refractivity contribution in [3.8, 4) is 0 Å². The van der Waals surface area contributed by atoms with Gasteiger partial charge in [-0.05, 0) is 44.6 Å². The minimum absolute atomic E-state index is 0.0144. The summed E-state index contributed by atoms with van der Waals surface area (Å²) in [4.78, 5) is 2.40. The van der Waals surface area contributed by atoms with Gasteiger partial charge in [-0.1, -0.05) is 18.5 Å². The second-order valence-corrected chi connectivity index (χ2v) is 7.77. The molecule has 1 atom stereocenters. The number of rotatable bonds is 3. The highest BCUT2D eigenvalue weighted by Gasteiger charge is 2.32. The number of benzene rings is 1. The van der Waals surface area contributed by atoms with Crippen molar-refractivity contribution in [3.63, 3.8) is 0 Å². The molecule has 7 heteroatoms. The van der Waals surface area contributed by atoms with E-state index in [1.807, 2.05) is 14.0 Å². The van der Waals surface area contributed by atoms with Crippen LogP contribution in [0.15, 0.2) is 23.1 Å². The lowest BCUT2D eigenvalue weighted by atomic mass is 10.2. The Morgan fingerprint density at radius 2 is 2.10 bits per heavy atom. The molecule has 0 aromatic heterocycles. The summed E-state index contributed by atoms with van der Waals surface area (Å²) >= 11 is 5.88. The molecule has 0 saturated carbocycles. The van der Waals surface area contributed by atoms with Crippen molar-refractivity contribution < 1.29 is 8.42 Å². The zero-order chi connectivity index (χ0) is 15.6. The van der Waals surface area contributed by atoms with E-state index in [4.69, 9.17) is 17.3 Å². The molecular weight excluding hydrogens is 310 g/mol. The Labute approximate surface area is 131 Å². The fraction of sp³-hybridized carbons (Fsp3) is 0.571. The molecule has 1 fully saturated rings. The molecule has 1 aliphatic heterocycles. The number of sulfonamides is 1. The van der Waals surface area contributed by atoms with Crippen molar-refractivity contribution in [2.24, 2.45) is 0 Å². The molecule has 21 heavy (non-hydrogen) atoms. The molecule has 1 aromatic rings. The molecule has 1 aliphatic rings. The maximum atomic E-state index is 12.9. The highest BCUT2D eigenvalue weighted by molar-refractivity contribution is 7.89. The van der Waals surface area contributed by atoms with Gasteiger partial charge in [0.05, 0.1) is 15.6 Å². The molecule has 2 N–H and O–H groups in total. The molecule has 1 aromatic carbocycles. The summed E-state index contributed by atoms with van der Waals surface area (Å²) < 4.78 is 27.4. The monoisotopic (exact) mass is 331 g/mol. The number of hydrogen-bond acceptors (Lipinski definition) is 4. The molecule has 0 bridgehead atoms. The molecule has 118 valence electrons. The molecule has 1 unspecified atom stereocenters. The van der Waals surface area contributed by atoms with Crippen LogP contribution in [-0.4, -0.2) is 50.3 Å². The third-order valence-electron chi connectivity index (χ3n) is 3.89. The van der Waals surface area contributed by atoms with Crippen molar-refractivity contribution in [1.29, 1.82) is 0 Å². The third-order valence-corrected chi connectivity index (χ3v) is 6.19. The molecule has 1 saturated heterocycles. The molecule has 0 spiro atoms. The van der Waals surface area contributed by atoms with E-state index in [1.54, 1.807) is 4.31 Å². The fourth-order valence-corrected chi connectivity index (χ4v) is 4.57. The van der Waals surface area contributed by atoms with Crippen LogP contribution in [-0.2, 0) is 10.0 Å². The lowest BCUT2D eigenvalue weighted by Gasteiger charge is -2.29. The Morgan fingerprint density at radius 1 is 1.38 bits per heavy atom. The first-order valence-electron chi connectivity index (χ1n) is 7.11. The molecule has 0 amide bonds. The topological polar surface area (TPSA) is 66.6 Å². The van der Waals surface area contributed by atoms with Crippen LogP contribution in [0, 0.1) is 0 Å². The van der Waals surface area contributed by atoms with Gasteiger partial charge < -0.3 is 10.6 Å². The van der Waals surface area contributed by atoms with Gasteiger partial charge in [0.1, 0.15) is 0 Å². The van der Waals surface area contributed by atoms with Gasteiger partial charge in [0, 0.05) is 19.1 Å². The lowest BCUT2D eigenvalue weighted by molar-refractivity contribution is 0.270. The fourth-order valence-electron chi connectivity index (χ4n) is 2.69. The van der Waals surface area contributed by atoms with Gasteiger partial charge in [-0.25, -0.2) is 8.42 Å². The van der Waals surface area contributed by atoms with Crippen molar-refractivity contribution in [3.05, 3.63) is 23.2 Å². The van der Waals surface area contributed by atoms with Crippen molar-refractivity contribution in [2.75, 3.05) is 32.4 Å². The summed E-state index contributed by atoms with van der Waals surface area (Å²) in [5.74, 6) is 0. The number of likely N-dealkylation sites (N-methyl/N-ethyl adjacent to an activating group) is 1. The number of nitrogens with two attached hydrogens (primary N) is 1. The van der Waals surface area contributed by atoms with Gasteiger partial charge in [-0.15, -0.1) is 0 Å². The standard InChI is InChI=1S/C14H22ClN3O2S/c1-3-11-10-17(2)7-4-8-18(11)21(19,20)12-5-6-13(15)14(16)9-12/h5-6,9,11H,3-4,7-8,10,16H2,1-2H3. The Balaban J connectivity index is 2.38. The van der Waals surface area contributed by atoms with Crippen LogP contribution in [0.25, 0.3) is 0 Å². The Hall–Kier alpha value is -0.820. The quantitative estimate of drug-likeness (QED) is 0.861. The molecular formula is C14H22ClN3O2S. The lowest BCUT2D eigenvalue weighted by Crippen LogP contribution is -2.43. The van der Waals surface area contributed by atoms with Gasteiger partial charge in [0.15, 0.2) is 0 Å². The molecule has 0 aliphatic carbocycles. The van der Waals surface area contributed by atoms with Gasteiger partial charge >= 0.3 is 0 Å². The minimum atomic E-state index is -3.54. The Kier molecular flexibility index (Phi) is 5.14. The van der Waals surface area contributed by atoms with Crippen LogP contribution in [0.2, 0.25) is 5.02 Å². The van der Waals surface area contributed by atoms with E-state index in [9.17, 15) is 8.42 Å². The van der Waals surface area contributed by atoms with Crippen LogP contribution < -0.4 is 5.73 Å². The summed E-state index contributed by atoms with van der Waals surface area (Å²) in [6.07, 6.45) is 1.61. The SMILES string of the molecule is CCC1CN(C)CCCN1S(=O)(=O)c1ccc(Cl)c(N)c1. The second kappa shape index (κ2) is 6.52. The molecule has 0 radical (unpaired) electrons. The molecule has 5 nitrogen and oxygen atoms in total. The predicted molar refractivity (Wildman–Crippen MR) is 85.9 cm³/mol. The van der Waals surface area contributed by atoms with E-state index in [0.717, 1.165) is 25.9 Å². The summed E-state index contributed by atoms with van der Waals surface area (Å²) in [7, 11) is -1.51. The Morgan fingerprint density at radius 3 is 2.71 bits per heavy atom. The maximum Gasteiger partial charge on any atom is 0.243 e. The van der Waals surface area contributed by atoms with Crippen molar-refractivity contribution in [2.45, 2.75) is 30.7 Å². The largest absolute Gasteiger partial charge is 0.397 e. The first kappa shape index (κ1) is 16.5. The number of nitrogen functional groups attached to an aromatic ring is 1. The van der Waals surface area contributed by atoms with Crippen molar-refractivity contribution >= 4 is 27.3 Å². The van der Waals surface area contributed by atoms with E-state index >= 15 is 0 Å². The van der Waals surface area contributed by atoms with Crippen LogP contribution in [0.4, 0.5) is 5.69 Å². The van der Waals surface area contributed by atoms with Crippen LogP contribution >= 0.6 is 11.6 Å². The zero-order valence-electron chi connectivity index (χ0n) is 12.4. The summed E-state index contributed by atoms with van der Waals surface area (Å²) in [5.41, 5.74) is 6.03. The minimum Gasteiger partial charge on any atom is -0.397 e. The van der Waals surface area contributed by atoms with Gasteiger partial charge in [-0.3, -0.25) is 0 Å².